The Balaban J connectivity index is 1.89. The molecule has 1 heterocycles. The van der Waals surface area contributed by atoms with Gasteiger partial charge in [0, 0.05) is 25.2 Å². The Labute approximate surface area is 149 Å². The molecule has 2 aromatic carbocycles. The highest BCUT2D eigenvalue weighted by molar-refractivity contribution is 5.83. The van der Waals surface area contributed by atoms with Crippen LogP contribution >= 0.6 is 0 Å². The molecule has 0 fully saturated rings. The van der Waals surface area contributed by atoms with Crippen LogP contribution in [-0.2, 0) is 5.41 Å². The average Bonchev–Trinajstić information content (AvgIpc) is 2.79. The summed E-state index contributed by atoms with van der Waals surface area (Å²) in [5, 5.41) is 17.7. The molecule has 2 aromatic rings. The molecule has 0 aliphatic carbocycles. The second kappa shape index (κ2) is 6.08. The van der Waals surface area contributed by atoms with Crippen LogP contribution in [0.4, 0.5) is 11.4 Å². The first-order chi connectivity index (χ1) is 11.8. The fourth-order valence-corrected chi connectivity index (χ4v) is 3.38. The van der Waals surface area contributed by atoms with Gasteiger partial charge in [0.2, 0.25) is 0 Å². The SMILES string of the molecule is COc1ccc(N(C)/N=C/[C@]2(O)N(C)c3ccccc3C2(C)C)cc1. The average molecular weight is 339 g/mol. The largest absolute Gasteiger partial charge is 0.497 e. The summed E-state index contributed by atoms with van der Waals surface area (Å²) >= 11 is 0. The van der Waals surface area contributed by atoms with Gasteiger partial charge in [0.25, 0.3) is 0 Å². The summed E-state index contributed by atoms with van der Waals surface area (Å²) in [6.07, 6.45) is 1.62. The van der Waals surface area contributed by atoms with Crippen LogP contribution in [-0.4, -0.2) is 38.3 Å². The lowest BCUT2D eigenvalue weighted by Gasteiger charge is -2.38. The molecular weight excluding hydrogens is 314 g/mol. The summed E-state index contributed by atoms with van der Waals surface area (Å²) in [5.41, 5.74) is 1.35. The van der Waals surface area contributed by atoms with E-state index in [-0.39, 0.29) is 0 Å². The van der Waals surface area contributed by atoms with Gasteiger partial charge in [0.1, 0.15) is 5.75 Å². The quantitative estimate of drug-likeness (QED) is 0.686. The lowest BCUT2D eigenvalue weighted by atomic mass is 9.78. The predicted octanol–water partition coefficient (Wildman–Crippen LogP) is 3.23. The topological polar surface area (TPSA) is 48.3 Å². The number of hydrogen-bond donors (Lipinski definition) is 1. The molecular formula is C20H25N3O2. The van der Waals surface area contributed by atoms with Crippen molar-refractivity contribution in [2.45, 2.75) is 25.0 Å². The highest BCUT2D eigenvalue weighted by Crippen LogP contribution is 2.48. The van der Waals surface area contributed by atoms with Crippen LogP contribution in [0, 0.1) is 0 Å². The Bertz CT molecular complexity index is 786. The zero-order chi connectivity index (χ0) is 18.2. The minimum Gasteiger partial charge on any atom is -0.497 e. The molecule has 0 saturated heterocycles. The maximum absolute atomic E-state index is 11.4. The van der Waals surface area contributed by atoms with Crippen LogP contribution in [0.25, 0.3) is 0 Å². The number of aliphatic hydroxyl groups is 1. The standard InChI is InChI=1S/C20H25N3O2/c1-19(2)17-8-6-7-9-18(17)22(3)20(19,24)14-21-23(4)15-10-12-16(25-5)13-11-15/h6-14,24H,1-5H3/b21-14+/t20-/m1/s1. The highest BCUT2D eigenvalue weighted by atomic mass is 16.5. The maximum Gasteiger partial charge on any atom is 0.185 e. The van der Waals surface area contributed by atoms with E-state index in [2.05, 4.69) is 11.2 Å². The summed E-state index contributed by atoms with van der Waals surface area (Å²) in [4.78, 5) is 1.88. The van der Waals surface area contributed by atoms with Gasteiger partial charge in [-0.2, -0.15) is 5.10 Å². The van der Waals surface area contributed by atoms with E-state index in [9.17, 15) is 5.11 Å². The molecule has 0 spiro atoms. The van der Waals surface area contributed by atoms with E-state index < -0.39 is 11.1 Å². The molecule has 0 unspecified atom stereocenters. The van der Waals surface area contributed by atoms with Crippen LogP contribution in [0.15, 0.2) is 53.6 Å². The number of methoxy groups -OCH3 is 1. The number of para-hydroxylation sites is 1. The first-order valence-electron chi connectivity index (χ1n) is 8.30. The number of ether oxygens (including phenoxy) is 1. The molecule has 0 bridgehead atoms. The molecule has 5 nitrogen and oxygen atoms in total. The number of rotatable bonds is 4. The lowest BCUT2D eigenvalue weighted by molar-refractivity contribution is 0.0585. The lowest BCUT2D eigenvalue weighted by Crippen LogP contribution is -2.56. The summed E-state index contributed by atoms with van der Waals surface area (Å²) in [5.74, 6) is 0.798. The molecule has 0 amide bonds. The predicted molar refractivity (Wildman–Crippen MR) is 103 cm³/mol. The summed E-state index contributed by atoms with van der Waals surface area (Å²) in [6.45, 7) is 4.07. The van der Waals surface area contributed by atoms with E-state index >= 15 is 0 Å². The van der Waals surface area contributed by atoms with Gasteiger partial charge in [0.05, 0.1) is 19.0 Å². The third-order valence-electron chi connectivity index (χ3n) is 5.23. The van der Waals surface area contributed by atoms with Crippen LogP contribution < -0.4 is 14.6 Å². The van der Waals surface area contributed by atoms with E-state index in [0.717, 1.165) is 22.7 Å². The number of hydrogen-bond acceptors (Lipinski definition) is 5. The van der Waals surface area contributed by atoms with E-state index in [4.69, 9.17) is 4.74 Å². The molecule has 0 radical (unpaired) electrons. The van der Waals surface area contributed by atoms with Gasteiger partial charge in [-0.25, -0.2) is 0 Å². The van der Waals surface area contributed by atoms with Gasteiger partial charge in [-0.3, -0.25) is 5.01 Å². The molecule has 3 rings (SSSR count). The fourth-order valence-electron chi connectivity index (χ4n) is 3.38. The minimum absolute atomic E-state index is 0.484. The van der Waals surface area contributed by atoms with Gasteiger partial charge >= 0.3 is 0 Å². The first-order valence-corrected chi connectivity index (χ1v) is 8.30. The van der Waals surface area contributed by atoms with Crippen molar-refractivity contribution in [1.82, 2.24) is 0 Å². The number of anilines is 2. The van der Waals surface area contributed by atoms with Gasteiger partial charge < -0.3 is 14.7 Å². The molecule has 25 heavy (non-hydrogen) atoms. The molecule has 0 saturated carbocycles. The molecule has 5 heteroatoms. The smallest absolute Gasteiger partial charge is 0.185 e. The summed E-state index contributed by atoms with van der Waals surface area (Å²) in [7, 11) is 5.39. The molecule has 1 N–H and O–H groups in total. The number of hydrazone groups is 1. The van der Waals surface area contributed by atoms with Gasteiger partial charge in [-0.1, -0.05) is 32.0 Å². The Morgan fingerprint density at radius 2 is 1.76 bits per heavy atom. The molecule has 1 aliphatic rings. The number of benzene rings is 2. The van der Waals surface area contributed by atoms with Crippen molar-refractivity contribution in [1.29, 1.82) is 0 Å². The molecule has 1 atom stereocenters. The zero-order valence-corrected chi connectivity index (χ0v) is 15.4. The third kappa shape index (κ3) is 2.65. The fraction of sp³-hybridized carbons (Fsp3) is 0.350. The van der Waals surface area contributed by atoms with Crippen molar-refractivity contribution in [3.8, 4) is 5.75 Å². The van der Waals surface area contributed by atoms with Crippen molar-refractivity contribution in [3.05, 3.63) is 54.1 Å². The Hall–Kier alpha value is -2.53. The van der Waals surface area contributed by atoms with Crippen LogP contribution in [0.3, 0.4) is 0 Å². The monoisotopic (exact) mass is 339 g/mol. The Morgan fingerprint density at radius 1 is 1.12 bits per heavy atom. The van der Waals surface area contributed by atoms with E-state index in [1.807, 2.05) is 75.3 Å². The minimum atomic E-state index is -1.21. The van der Waals surface area contributed by atoms with Crippen molar-refractivity contribution >= 4 is 17.6 Å². The zero-order valence-electron chi connectivity index (χ0n) is 15.4. The normalized spacial score (nSPS) is 21.4. The van der Waals surface area contributed by atoms with Gasteiger partial charge in [0.15, 0.2) is 5.72 Å². The van der Waals surface area contributed by atoms with Crippen molar-refractivity contribution in [2.24, 2.45) is 5.10 Å². The van der Waals surface area contributed by atoms with E-state index in [1.54, 1.807) is 18.3 Å². The van der Waals surface area contributed by atoms with Crippen molar-refractivity contribution in [3.63, 3.8) is 0 Å². The summed E-state index contributed by atoms with van der Waals surface area (Å²) in [6, 6.07) is 15.7. The van der Waals surface area contributed by atoms with Crippen LogP contribution in [0.1, 0.15) is 19.4 Å². The second-order valence-electron chi connectivity index (χ2n) is 6.89. The van der Waals surface area contributed by atoms with Crippen LogP contribution in [0.5, 0.6) is 5.75 Å². The number of nitrogens with zero attached hydrogens (tertiary/aromatic N) is 3. The van der Waals surface area contributed by atoms with E-state index in [0.29, 0.717) is 0 Å². The Kier molecular flexibility index (Phi) is 4.21. The Morgan fingerprint density at radius 3 is 2.36 bits per heavy atom. The summed E-state index contributed by atoms with van der Waals surface area (Å²) < 4.78 is 5.18. The number of likely N-dealkylation sites (N-methyl/N-ethyl adjacent to an activating group) is 1. The molecule has 1 aliphatic heterocycles. The van der Waals surface area contributed by atoms with E-state index in [1.165, 1.54) is 0 Å². The highest BCUT2D eigenvalue weighted by Gasteiger charge is 2.54. The maximum atomic E-state index is 11.4. The third-order valence-corrected chi connectivity index (χ3v) is 5.23. The molecule has 132 valence electrons. The second-order valence-corrected chi connectivity index (χ2v) is 6.89. The van der Waals surface area contributed by atoms with Crippen molar-refractivity contribution in [2.75, 3.05) is 31.1 Å². The number of fused-ring (bicyclic) bond motifs is 1. The first kappa shape index (κ1) is 17.3. The van der Waals surface area contributed by atoms with Crippen molar-refractivity contribution < 1.29 is 9.84 Å². The molecule has 0 aromatic heterocycles. The van der Waals surface area contributed by atoms with Crippen LogP contribution in [0.2, 0.25) is 0 Å². The van der Waals surface area contributed by atoms with Gasteiger partial charge in [-0.15, -0.1) is 0 Å². The van der Waals surface area contributed by atoms with Gasteiger partial charge in [-0.05, 0) is 35.9 Å².